The molecule has 84 valence electrons. The third-order valence-corrected chi connectivity index (χ3v) is 2.43. The van der Waals surface area contributed by atoms with E-state index in [4.69, 9.17) is 0 Å². The Kier molecular flexibility index (Phi) is 2.61. The summed E-state index contributed by atoms with van der Waals surface area (Å²) >= 11 is 0. The van der Waals surface area contributed by atoms with Crippen molar-refractivity contribution in [3.63, 3.8) is 0 Å². The van der Waals surface area contributed by atoms with Crippen molar-refractivity contribution in [2.75, 3.05) is 11.0 Å². The van der Waals surface area contributed by atoms with Crippen LogP contribution in [-0.2, 0) is 10.0 Å². The van der Waals surface area contributed by atoms with Crippen molar-refractivity contribution in [2.24, 2.45) is 0 Å². The molecule has 0 unspecified atom stereocenters. The fraction of sp³-hybridized carbons (Fsp3) is 0.111. The van der Waals surface area contributed by atoms with Gasteiger partial charge in [0, 0.05) is 5.69 Å². The molecule has 1 aromatic carbocycles. The summed E-state index contributed by atoms with van der Waals surface area (Å²) in [5.74, 6) is 0. The van der Waals surface area contributed by atoms with E-state index in [9.17, 15) is 8.42 Å². The first-order valence-corrected chi connectivity index (χ1v) is 6.38. The second kappa shape index (κ2) is 3.93. The minimum atomic E-state index is -3.23. The van der Waals surface area contributed by atoms with Gasteiger partial charge in [-0.1, -0.05) is 0 Å². The van der Waals surface area contributed by atoms with E-state index in [-0.39, 0.29) is 0 Å². The maximum atomic E-state index is 11.0. The van der Waals surface area contributed by atoms with E-state index >= 15 is 0 Å². The average Bonchev–Trinajstić information content (AvgIpc) is 2.69. The second-order valence-corrected chi connectivity index (χ2v) is 4.99. The number of nitrogens with zero attached hydrogens (tertiary/aromatic N) is 3. The Balaban J connectivity index is 2.24. The summed E-state index contributed by atoms with van der Waals surface area (Å²) < 4.78 is 24.3. The van der Waals surface area contributed by atoms with Crippen molar-refractivity contribution in [1.29, 1.82) is 0 Å². The van der Waals surface area contributed by atoms with Gasteiger partial charge in [-0.05, 0) is 24.3 Å². The van der Waals surface area contributed by atoms with E-state index in [2.05, 4.69) is 14.9 Å². The summed E-state index contributed by atoms with van der Waals surface area (Å²) in [6.07, 6.45) is 4.25. The quantitative estimate of drug-likeness (QED) is 0.851. The molecule has 6 nitrogen and oxygen atoms in total. The molecule has 0 saturated carbocycles. The molecule has 1 N–H and O–H groups in total. The molecule has 0 aliphatic rings. The summed E-state index contributed by atoms with van der Waals surface area (Å²) in [6.45, 7) is 0. The molecule has 1 heterocycles. The number of rotatable bonds is 3. The fourth-order valence-corrected chi connectivity index (χ4v) is 1.79. The number of hydrogen-bond donors (Lipinski definition) is 1. The predicted octanol–water partition coefficient (Wildman–Crippen LogP) is 0.639. The number of sulfonamides is 1. The van der Waals surface area contributed by atoms with Gasteiger partial charge in [0.25, 0.3) is 0 Å². The third kappa shape index (κ3) is 2.57. The lowest BCUT2D eigenvalue weighted by atomic mass is 10.3. The standard InChI is InChI=1S/C9H10N4O2S/c1-16(14,15)12-8-2-4-9(5-3-8)13-10-6-7-11-13/h2-7,12H,1H3. The Morgan fingerprint density at radius 2 is 1.69 bits per heavy atom. The van der Waals surface area contributed by atoms with Crippen LogP contribution >= 0.6 is 0 Å². The van der Waals surface area contributed by atoms with Crippen LogP contribution in [0.2, 0.25) is 0 Å². The molecule has 0 fully saturated rings. The van der Waals surface area contributed by atoms with Gasteiger partial charge >= 0.3 is 0 Å². The Morgan fingerprint density at radius 1 is 1.12 bits per heavy atom. The maximum Gasteiger partial charge on any atom is 0.229 e. The van der Waals surface area contributed by atoms with Crippen LogP contribution in [0.4, 0.5) is 5.69 Å². The number of hydrogen-bond acceptors (Lipinski definition) is 4. The molecule has 0 aliphatic heterocycles. The van der Waals surface area contributed by atoms with Crippen LogP contribution in [0.15, 0.2) is 36.7 Å². The number of aromatic nitrogens is 3. The molecular formula is C9H10N4O2S. The smallest absolute Gasteiger partial charge is 0.229 e. The molecule has 0 atom stereocenters. The van der Waals surface area contributed by atoms with Gasteiger partial charge in [0.15, 0.2) is 0 Å². The van der Waals surface area contributed by atoms with E-state index in [0.29, 0.717) is 5.69 Å². The van der Waals surface area contributed by atoms with Crippen LogP contribution in [-0.4, -0.2) is 29.7 Å². The molecule has 0 amide bonds. The number of anilines is 1. The van der Waals surface area contributed by atoms with Gasteiger partial charge in [-0.15, -0.1) is 0 Å². The van der Waals surface area contributed by atoms with Gasteiger partial charge in [-0.2, -0.15) is 15.0 Å². The Hall–Kier alpha value is -1.89. The zero-order valence-electron chi connectivity index (χ0n) is 8.53. The minimum absolute atomic E-state index is 0.512. The topological polar surface area (TPSA) is 76.9 Å². The van der Waals surface area contributed by atoms with Crippen LogP contribution in [0, 0.1) is 0 Å². The zero-order valence-corrected chi connectivity index (χ0v) is 9.35. The first kappa shape index (κ1) is 10.6. The largest absolute Gasteiger partial charge is 0.284 e. The maximum absolute atomic E-state index is 11.0. The summed E-state index contributed by atoms with van der Waals surface area (Å²) in [4.78, 5) is 1.45. The predicted molar refractivity (Wildman–Crippen MR) is 59.8 cm³/mol. The molecule has 0 saturated heterocycles. The normalized spacial score (nSPS) is 11.3. The lowest BCUT2D eigenvalue weighted by molar-refractivity contribution is 0.607. The molecule has 16 heavy (non-hydrogen) atoms. The van der Waals surface area contributed by atoms with Gasteiger partial charge in [0.05, 0.1) is 24.3 Å². The molecule has 0 aliphatic carbocycles. The Labute approximate surface area is 93.0 Å². The van der Waals surface area contributed by atoms with E-state index in [1.807, 2.05) is 0 Å². The minimum Gasteiger partial charge on any atom is -0.284 e. The third-order valence-electron chi connectivity index (χ3n) is 1.82. The van der Waals surface area contributed by atoms with E-state index in [0.717, 1.165) is 11.9 Å². The molecule has 0 bridgehead atoms. The first-order chi connectivity index (χ1) is 7.54. The van der Waals surface area contributed by atoms with Crippen molar-refractivity contribution in [3.8, 4) is 5.69 Å². The van der Waals surface area contributed by atoms with Gasteiger partial charge < -0.3 is 0 Å². The zero-order chi connectivity index (χ0) is 11.6. The fourth-order valence-electron chi connectivity index (χ4n) is 1.23. The van der Waals surface area contributed by atoms with Gasteiger partial charge in [0.2, 0.25) is 10.0 Å². The van der Waals surface area contributed by atoms with Crippen LogP contribution in [0.5, 0.6) is 0 Å². The SMILES string of the molecule is CS(=O)(=O)Nc1ccc(-n2nccn2)cc1. The number of benzene rings is 1. The molecular weight excluding hydrogens is 228 g/mol. The Bertz CT molecular complexity index is 560. The van der Waals surface area contributed by atoms with E-state index in [1.54, 1.807) is 36.7 Å². The van der Waals surface area contributed by atoms with Crippen molar-refractivity contribution < 1.29 is 8.42 Å². The van der Waals surface area contributed by atoms with Crippen molar-refractivity contribution in [1.82, 2.24) is 15.0 Å². The van der Waals surface area contributed by atoms with Crippen LogP contribution in [0.25, 0.3) is 5.69 Å². The van der Waals surface area contributed by atoms with Crippen molar-refractivity contribution >= 4 is 15.7 Å². The van der Waals surface area contributed by atoms with Gasteiger partial charge in [-0.25, -0.2) is 8.42 Å². The highest BCUT2D eigenvalue weighted by Crippen LogP contribution is 2.12. The molecule has 2 aromatic rings. The lowest BCUT2D eigenvalue weighted by Crippen LogP contribution is -2.09. The monoisotopic (exact) mass is 238 g/mol. The van der Waals surface area contributed by atoms with Crippen LogP contribution in [0.1, 0.15) is 0 Å². The summed E-state index contributed by atoms with van der Waals surface area (Å²) in [5, 5.41) is 7.92. The highest BCUT2D eigenvalue weighted by atomic mass is 32.2. The molecule has 2 rings (SSSR count). The highest BCUT2D eigenvalue weighted by molar-refractivity contribution is 7.92. The summed E-state index contributed by atoms with van der Waals surface area (Å²) in [5.41, 5.74) is 1.28. The van der Waals surface area contributed by atoms with Crippen LogP contribution in [0.3, 0.4) is 0 Å². The van der Waals surface area contributed by atoms with E-state index < -0.39 is 10.0 Å². The van der Waals surface area contributed by atoms with Crippen molar-refractivity contribution in [3.05, 3.63) is 36.7 Å². The molecule has 7 heteroatoms. The highest BCUT2D eigenvalue weighted by Gasteiger charge is 2.02. The summed E-state index contributed by atoms with van der Waals surface area (Å²) in [7, 11) is -3.23. The summed E-state index contributed by atoms with van der Waals surface area (Å²) in [6, 6.07) is 6.76. The molecule has 1 aromatic heterocycles. The van der Waals surface area contributed by atoms with E-state index in [1.165, 1.54) is 4.80 Å². The average molecular weight is 238 g/mol. The van der Waals surface area contributed by atoms with Crippen LogP contribution < -0.4 is 4.72 Å². The van der Waals surface area contributed by atoms with Crippen molar-refractivity contribution in [2.45, 2.75) is 0 Å². The second-order valence-electron chi connectivity index (χ2n) is 3.24. The molecule has 0 spiro atoms. The van der Waals surface area contributed by atoms with Gasteiger partial charge in [-0.3, -0.25) is 4.72 Å². The molecule has 0 radical (unpaired) electrons. The Morgan fingerprint density at radius 3 is 2.19 bits per heavy atom. The first-order valence-electron chi connectivity index (χ1n) is 4.49. The number of nitrogens with one attached hydrogen (secondary N) is 1. The lowest BCUT2D eigenvalue weighted by Gasteiger charge is -2.04. The van der Waals surface area contributed by atoms with Gasteiger partial charge in [0.1, 0.15) is 0 Å².